The second kappa shape index (κ2) is 5.71. The molecule has 96 valence electrons. The topological polar surface area (TPSA) is 60.4 Å². The molecule has 4 heteroatoms. The minimum absolute atomic E-state index is 0.0363. The monoisotopic (exact) mass is 246 g/mol. The zero-order valence-electron chi connectivity index (χ0n) is 10.6. The van der Waals surface area contributed by atoms with Crippen LogP contribution in [0.25, 0.3) is 0 Å². The van der Waals surface area contributed by atoms with E-state index in [1.807, 2.05) is 43.3 Å². The van der Waals surface area contributed by atoms with E-state index >= 15 is 0 Å². The third-order valence-electron chi connectivity index (χ3n) is 2.88. The van der Waals surface area contributed by atoms with E-state index in [1.165, 1.54) is 0 Å². The number of furan rings is 1. The molecule has 0 radical (unpaired) electrons. The average Bonchev–Trinajstić information content (AvgIpc) is 2.82. The van der Waals surface area contributed by atoms with E-state index in [-0.39, 0.29) is 6.04 Å². The summed E-state index contributed by atoms with van der Waals surface area (Å²) in [7, 11) is 1.66. The highest BCUT2D eigenvalue weighted by molar-refractivity contribution is 5.29. The normalized spacial score (nSPS) is 12.4. The molecule has 1 heterocycles. The Balaban J connectivity index is 2.14. The fourth-order valence-corrected chi connectivity index (χ4v) is 1.92. The van der Waals surface area contributed by atoms with Crippen molar-refractivity contribution in [2.45, 2.75) is 19.4 Å². The zero-order valence-corrected chi connectivity index (χ0v) is 10.6. The van der Waals surface area contributed by atoms with Gasteiger partial charge in [0.1, 0.15) is 17.3 Å². The number of nitrogens with one attached hydrogen (secondary N) is 1. The van der Waals surface area contributed by atoms with E-state index in [1.54, 1.807) is 7.11 Å². The van der Waals surface area contributed by atoms with Crippen LogP contribution in [0.5, 0.6) is 5.75 Å². The van der Waals surface area contributed by atoms with Gasteiger partial charge in [0.2, 0.25) is 0 Å². The fourth-order valence-electron chi connectivity index (χ4n) is 1.92. The quantitative estimate of drug-likeness (QED) is 0.628. The van der Waals surface area contributed by atoms with Gasteiger partial charge in [-0.2, -0.15) is 0 Å². The Morgan fingerprint density at radius 3 is 2.78 bits per heavy atom. The largest absolute Gasteiger partial charge is 0.497 e. The SMILES string of the molecule is COc1cccc(CC(NN)c2ccc(C)o2)c1. The van der Waals surface area contributed by atoms with Crippen LogP contribution in [-0.4, -0.2) is 7.11 Å². The number of hydrogen-bond donors (Lipinski definition) is 2. The first-order valence-corrected chi connectivity index (χ1v) is 5.88. The molecule has 0 aliphatic rings. The Hall–Kier alpha value is -1.78. The first kappa shape index (κ1) is 12.7. The van der Waals surface area contributed by atoms with Crippen molar-refractivity contribution in [2.75, 3.05) is 7.11 Å². The lowest BCUT2D eigenvalue weighted by molar-refractivity contribution is 0.400. The molecular weight excluding hydrogens is 228 g/mol. The molecule has 0 saturated heterocycles. The predicted octanol–water partition coefficient (Wildman–Crippen LogP) is 2.34. The fraction of sp³-hybridized carbons (Fsp3) is 0.286. The van der Waals surface area contributed by atoms with Crippen LogP contribution >= 0.6 is 0 Å². The predicted molar refractivity (Wildman–Crippen MR) is 70.2 cm³/mol. The van der Waals surface area contributed by atoms with Crippen molar-refractivity contribution in [2.24, 2.45) is 5.84 Å². The van der Waals surface area contributed by atoms with Gasteiger partial charge in [-0.05, 0) is 43.2 Å². The molecule has 1 aromatic heterocycles. The summed E-state index contributed by atoms with van der Waals surface area (Å²) in [6, 6.07) is 11.8. The number of rotatable bonds is 5. The van der Waals surface area contributed by atoms with Crippen molar-refractivity contribution in [3.05, 3.63) is 53.5 Å². The molecule has 2 aromatic rings. The molecule has 0 aliphatic heterocycles. The molecule has 4 nitrogen and oxygen atoms in total. The van der Waals surface area contributed by atoms with Gasteiger partial charge in [-0.1, -0.05) is 12.1 Å². The van der Waals surface area contributed by atoms with E-state index < -0.39 is 0 Å². The molecule has 3 N–H and O–H groups in total. The van der Waals surface area contributed by atoms with Gasteiger partial charge in [-0.15, -0.1) is 0 Å². The molecular formula is C14H18N2O2. The number of aryl methyl sites for hydroxylation is 1. The summed E-state index contributed by atoms with van der Waals surface area (Å²) in [4.78, 5) is 0. The van der Waals surface area contributed by atoms with Gasteiger partial charge >= 0.3 is 0 Å². The minimum Gasteiger partial charge on any atom is -0.497 e. The third kappa shape index (κ3) is 2.91. The Kier molecular flexibility index (Phi) is 4.02. The van der Waals surface area contributed by atoms with Crippen molar-refractivity contribution in [1.29, 1.82) is 0 Å². The Morgan fingerprint density at radius 2 is 2.17 bits per heavy atom. The van der Waals surface area contributed by atoms with Crippen LogP contribution < -0.4 is 16.0 Å². The molecule has 1 unspecified atom stereocenters. The number of nitrogens with two attached hydrogens (primary N) is 1. The summed E-state index contributed by atoms with van der Waals surface area (Å²) in [5.74, 6) is 8.17. The highest BCUT2D eigenvalue weighted by Gasteiger charge is 2.14. The second-order valence-electron chi connectivity index (χ2n) is 4.22. The molecule has 0 bridgehead atoms. The van der Waals surface area contributed by atoms with E-state index in [4.69, 9.17) is 15.0 Å². The molecule has 18 heavy (non-hydrogen) atoms. The van der Waals surface area contributed by atoms with Crippen molar-refractivity contribution in [3.8, 4) is 5.75 Å². The molecule has 1 atom stereocenters. The Morgan fingerprint density at radius 1 is 1.33 bits per heavy atom. The van der Waals surface area contributed by atoms with Crippen LogP contribution in [0, 0.1) is 6.92 Å². The zero-order chi connectivity index (χ0) is 13.0. The minimum atomic E-state index is -0.0363. The van der Waals surface area contributed by atoms with Gasteiger partial charge in [-0.25, -0.2) is 5.43 Å². The summed E-state index contributed by atoms with van der Waals surface area (Å²) in [6.45, 7) is 1.92. The van der Waals surface area contributed by atoms with E-state index in [9.17, 15) is 0 Å². The van der Waals surface area contributed by atoms with E-state index in [0.29, 0.717) is 0 Å². The lowest BCUT2D eigenvalue weighted by Crippen LogP contribution is -2.29. The lowest BCUT2D eigenvalue weighted by Gasteiger charge is -2.14. The molecule has 0 fully saturated rings. The third-order valence-corrected chi connectivity index (χ3v) is 2.88. The first-order valence-electron chi connectivity index (χ1n) is 5.88. The molecule has 0 amide bonds. The van der Waals surface area contributed by atoms with Crippen LogP contribution in [0.1, 0.15) is 23.1 Å². The van der Waals surface area contributed by atoms with E-state index in [2.05, 4.69) is 5.43 Å². The first-order chi connectivity index (χ1) is 8.72. The molecule has 0 aliphatic carbocycles. The van der Waals surface area contributed by atoms with Crippen LogP contribution in [-0.2, 0) is 6.42 Å². The molecule has 2 rings (SSSR count). The maximum absolute atomic E-state index is 5.59. The number of hydrazine groups is 1. The van der Waals surface area contributed by atoms with Gasteiger partial charge in [-0.3, -0.25) is 5.84 Å². The summed E-state index contributed by atoms with van der Waals surface area (Å²) in [5.41, 5.74) is 3.93. The standard InChI is InChI=1S/C14H18N2O2/c1-10-6-7-14(18-10)13(16-15)9-11-4-3-5-12(8-11)17-2/h3-8,13,16H,9,15H2,1-2H3. The number of ether oxygens (including phenoxy) is 1. The number of methoxy groups -OCH3 is 1. The highest BCUT2D eigenvalue weighted by Crippen LogP contribution is 2.22. The van der Waals surface area contributed by atoms with Gasteiger partial charge in [0.15, 0.2) is 0 Å². The number of hydrogen-bond acceptors (Lipinski definition) is 4. The van der Waals surface area contributed by atoms with E-state index in [0.717, 1.165) is 29.3 Å². The smallest absolute Gasteiger partial charge is 0.122 e. The Labute approximate surface area is 107 Å². The van der Waals surface area contributed by atoms with Crippen LogP contribution in [0.4, 0.5) is 0 Å². The summed E-state index contributed by atoms with van der Waals surface area (Å²) >= 11 is 0. The van der Waals surface area contributed by atoms with Gasteiger partial charge in [0, 0.05) is 0 Å². The van der Waals surface area contributed by atoms with Gasteiger partial charge < -0.3 is 9.15 Å². The second-order valence-corrected chi connectivity index (χ2v) is 4.22. The van der Waals surface area contributed by atoms with Crippen molar-refractivity contribution >= 4 is 0 Å². The van der Waals surface area contributed by atoms with Crippen LogP contribution in [0.15, 0.2) is 40.8 Å². The lowest BCUT2D eigenvalue weighted by atomic mass is 10.0. The maximum atomic E-state index is 5.59. The molecule has 0 spiro atoms. The van der Waals surface area contributed by atoms with Crippen molar-refractivity contribution in [3.63, 3.8) is 0 Å². The van der Waals surface area contributed by atoms with Crippen molar-refractivity contribution < 1.29 is 9.15 Å². The van der Waals surface area contributed by atoms with Gasteiger partial charge in [0.25, 0.3) is 0 Å². The summed E-state index contributed by atoms with van der Waals surface area (Å²) < 4.78 is 10.8. The average molecular weight is 246 g/mol. The van der Waals surface area contributed by atoms with Crippen molar-refractivity contribution in [1.82, 2.24) is 5.43 Å². The Bertz CT molecular complexity index is 508. The maximum Gasteiger partial charge on any atom is 0.122 e. The molecule has 1 aromatic carbocycles. The van der Waals surface area contributed by atoms with Crippen LogP contribution in [0.2, 0.25) is 0 Å². The number of benzene rings is 1. The molecule has 0 saturated carbocycles. The van der Waals surface area contributed by atoms with Crippen LogP contribution in [0.3, 0.4) is 0 Å². The highest BCUT2D eigenvalue weighted by atomic mass is 16.5. The summed E-state index contributed by atoms with van der Waals surface area (Å²) in [5, 5.41) is 0. The van der Waals surface area contributed by atoms with Gasteiger partial charge in [0.05, 0.1) is 13.2 Å². The summed E-state index contributed by atoms with van der Waals surface area (Å²) in [6.07, 6.45) is 0.751.